The zero-order valence-electron chi connectivity index (χ0n) is 21.2. The molecular formula is C26H26ClFN8. The highest BCUT2D eigenvalue weighted by Crippen LogP contribution is 2.37. The molecule has 10 heteroatoms. The van der Waals surface area contributed by atoms with Gasteiger partial charge in [-0.25, -0.2) is 9.67 Å². The summed E-state index contributed by atoms with van der Waals surface area (Å²) < 4.78 is 24.8. The SMILES string of the molecule is [2H]C(Nc1cc(Cl)c2ncc(C#N)c(NCC(C)(C)C)c2c1)(c1ccc(F)nc1)c1cn(C2CC2)nn1. The highest BCUT2D eigenvalue weighted by atomic mass is 35.5. The number of benzene rings is 1. The van der Waals surface area contributed by atoms with Crippen LogP contribution in [-0.4, -0.2) is 31.5 Å². The fraction of sp³-hybridized carbons (Fsp3) is 0.346. The van der Waals surface area contributed by atoms with Gasteiger partial charge in [-0.15, -0.1) is 5.10 Å². The summed E-state index contributed by atoms with van der Waals surface area (Å²) in [5.41, 5.74) is 2.70. The van der Waals surface area contributed by atoms with Crippen molar-refractivity contribution >= 4 is 33.9 Å². The van der Waals surface area contributed by atoms with Crippen LogP contribution in [0.15, 0.2) is 42.9 Å². The van der Waals surface area contributed by atoms with E-state index in [0.717, 1.165) is 12.8 Å². The first-order valence-electron chi connectivity index (χ1n) is 12.2. The quantitative estimate of drug-likeness (QED) is 0.302. The summed E-state index contributed by atoms with van der Waals surface area (Å²) in [4.78, 5) is 8.16. The summed E-state index contributed by atoms with van der Waals surface area (Å²) >= 11 is 6.65. The molecule has 1 atom stereocenters. The number of nitrogens with one attached hydrogen (secondary N) is 2. The number of pyridine rings is 2. The van der Waals surface area contributed by atoms with Crippen molar-refractivity contribution in [2.75, 3.05) is 17.2 Å². The second kappa shape index (κ2) is 9.36. The first-order chi connectivity index (χ1) is 17.6. The van der Waals surface area contributed by atoms with Crippen LogP contribution in [0.2, 0.25) is 5.02 Å². The number of halogens is 2. The van der Waals surface area contributed by atoms with E-state index in [1.165, 1.54) is 24.5 Å². The molecule has 1 aliphatic carbocycles. The molecule has 36 heavy (non-hydrogen) atoms. The van der Waals surface area contributed by atoms with Gasteiger partial charge in [0.05, 0.1) is 41.4 Å². The Hall–Kier alpha value is -3.77. The van der Waals surface area contributed by atoms with Crippen LogP contribution in [0.4, 0.5) is 15.8 Å². The predicted octanol–water partition coefficient (Wildman–Crippen LogP) is 5.88. The molecule has 0 spiro atoms. The maximum atomic E-state index is 13.6. The minimum atomic E-state index is -1.65. The van der Waals surface area contributed by atoms with Crippen molar-refractivity contribution in [3.8, 4) is 6.07 Å². The molecule has 2 N–H and O–H groups in total. The lowest BCUT2D eigenvalue weighted by Crippen LogP contribution is -2.20. The number of nitrogens with zero attached hydrogens (tertiary/aromatic N) is 6. The van der Waals surface area contributed by atoms with E-state index in [2.05, 4.69) is 57.8 Å². The van der Waals surface area contributed by atoms with E-state index in [9.17, 15) is 11.0 Å². The Morgan fingerprint density at radius 3 is 2.75 bits per heavy atom. The summed E-state index contributed by atoms with van der Waals surface area (Å²) in [6.07, 6.45) is 6.56. The molecule has 0 aliphatic heterocycles. The Balaban J connectivity index is 1.62. The first-order valence-corrected chi connectivity index (χ1v) is 12.0. The second-order valence-electron chi connectivity index (χ2n) is 10.1. The second-order valence-corrected chi connectivity index (χ2v) is 10.5. The number of nitriles is 1. The summed E-state index contributed by atoms with van der Waals surface area (Å²) in [7, 11) is 0. The molecule has 1 fully saturated rings. The smallest absolute Gasteiger partial charge is 0.212 e. The van der Waals surface area contributed by atoms with Crippen LogP contribution in [-0.2, 0) is 0 Å². The highest BCUT2D eigenvalue weighted by Gasteiger charge is 2.27. The molecular weight excluding hydrogens is 479 g/mol. The van der Waals surface area contributed by atoms with Gasteiger partial charge in [0.15, 0.2) is 0 Å². The zero-order valence-corrected chi connectivity index (χ0v) is 20.9. The van der Waals surface area contributed by atoms with Gasteiger partial charge in [0.1, 0.15) is 11.8 Å². The van der Waals surface area contributed by atoms with Gasteiger partial charge in [-0.2, -0.15) is 9.65 Å². The molecule has 0 radical (unpaired) electrons. The van der Waals surface area contributed by atoms with E-state index in [-0.39, 0.29) is 11.5 Å². The Morgan fingerprint density at radius 1 is 1.28 bits per heavy atom. The van der Waals surface area contributed by atoms with Crippen LogP contribution in [0, 0.1) is 22.7 Å². The third-order valence-electron chi connectivity index (χ3n) is 5.81. The normalized spacial score (nSPS) is 15.7. The Morgan fingerprint density at radius 2 is 2.08 bits per heavy atom. The molecule has 0 amide bonds. The number of fused-ring (bicyclic) bond motifs is 1. The van der Waals surface area contributed by atoms with E-state index >= 15 is 0 Å². The maximum absolute atomic E-state index is 13.6. The van der Waals surface area contributed by atoms with Crippen LogP contribution in [0.1, 0.15) is 63.9 Å². The van der Waals surface area contributed by atoms with Crippen LogP contribution < -0.4 is 10.6 Å². The largest absolute Gasteiger partial charge is 0.383 e. The molecule has 5 rings (SSSR count). The van der Waals surface area contributed by atoms with E-state index in [0.29, 0.717) is 50.7 Å². The van der Waals surface area contributed by atoms with Gasteiger partial charge in [0.2, 0.25) is 5.95 Å². The van der Waals surface area contributed by atoms with Crippen LogP contribution >= 0.6 is 11.6 Å². The molecule has 4 aromatic rings. The van der Waals surface area contributed by atoms with Gasteiger partial charge in [-0.05, 0) is 42.0 Å². The molecule has 1 saturated carbocycles. The van der Waals surface area contributed by atoms with E-state index in [1.807, 2.05) is 0 Å². The standard InChI is InChI=1S/C26H26ClFN8/c1-26(2,3)14-32-23-16(10-29)12-31-25-19(23)8-17(9-20(25)27)33-24(15-4-7-22(28)30-11-15)21-13-36(35-34-21)18-5-6-18/h4,7-9,11-13,18,24,33H,5-6,14H2,1-3H3,(H,31,32)/i24D. The molecule has 3 heterocycles. The van der Waals surface area contributed by atoms with Crippen LogP contribution in [0.3, 0.4) is 0 Å². The van der Waals surface area contributed by atoms with Crippen molar-refractivity contribution in [1.82, 2.24) is 25.0 Å². The van der Waals surface area contributed by atoms with E-state index in [1.54, 1.807) is 23.0 Å². The summed E-state index contributed by atoms with van der Waals surface area (Å²) in [6, 6.07) is 6.99. The number of aromatic nitrogens is 5. The van der Waals surface area contributed by atoms with E-state index in [4.69, 9.17) is 11.6 Å². The third kappa shape index (κ3) is 5.09. The van der Waals surface area contributed by atoms with Crippen LogP contribution in [0.25, 0.3) is 10.9 Å². The molecule has 8 nitrogen and oxygen atoms in total. The number of hydrogen-bond acceptors (Lipinski definition) is 7. The fourth-order valence-corrected chi connectivity index (χ4v) is 4.09. The molecule has 1 aliphatic rings. The maximum Gasteiger partial charge on any atom is 0.212 e. The lowest BCUT2D eigenvalue weighted by atomic mass is 9.96. The topological polar surface area (TPSA) is 104 Å². The van der Waals surface area contributed by atoms with Crippen molar-refractivity contribution in [3.63, 3.8) is 0 Å². The number of rotatable bonds is 7. The minimum Gasteiger partial charge on any atom is -0.383 e. The third-order valence-corrected chi connectivity index (χ3v) is 6.10. The molecule has 0 saturated heterocycles. The molecule has 0 bridgehead atoms. The van der Waals surface area contributed by atoms with Gasteiger partial charge in [-0.1, -0.05) is 43.7 Å². The lowest BCUT2D eigenvalue weighted by molar-refractivity contribution is 0.443. The summed E-state index contributed by atoms with van der Waals surface area (Å²) in [5.74, 6) is -0.647. The number of anilines is 2. The zero-order chi connectivity index (χ0) is 26.4. The van der Waals surface area contributed by atoms with Crippen molar-refractivity contribution in [1.29, 1.82) is 5.26 Å². The fourth-order valence-electron chi connectivity index (χ4n) is 3.82. The molecule has 1 aromatic carbocycles. The molecule has 1 unspecified atom stereocenters. The van der Waals surface area contributed by atoms with Gasteiger partial charge in [0.25, 0.3) is 0 Å². The van der Waals surface area contributed by atoms with Crippen molar-refractivity contribution in [2.45, 2.75) is 45.7 Å². The summed E-state index contributed by atoms with van der Waals surface area (Å²) in [6.45, 7) is 6.89. The van der Waals surface area contributed by atoms with Crippen LogP contribution in [0.5, 0.6) is 0 Å². The Kier molecular flexibility index (Phi) is 5.89. The monoisotopic (exact) mass is 505 g/mol. The van der Waals surface area contributed by atoms with Crippen molar-refractivity contribution < 1.29 is 5.76 Å². The predicted molar refractivity (Wildman–Crippen MR) is 137 cm³/mol. The van der Waals surface area contributed by atoms with Gasteiger partial charge in [-0.3, -0.25) is 4.98 Å². The van der Waals surface area contributed by atoms with Crippen molar-refractivity contribution in [3.05, 3.63) is 70.6 Å². The van der Waals surface area contributed by atoms with E-state index < -0.39 is 12.0 Å². The minimum absolute atomic E-state index is 0.0404. The highest BCUT2D eigenvalue weighted by molar-refractivity contribution is 6.35. The lowest BCUT2D eigenvalue weighted by Gasteiger charge is -2.22. The molecule has 3 aromatic heterocycles. The van der Waals surface area contributed by atoms with Gasteiger partial charge < -0.3 is 10.6 Å². The number of hydrogen-bond donors (Lipinski definition) is 2. The Labute approximate surface area is 214 Å². The average molecular weight is 506 g/mol. The summed E-state index contributed by atoms with van der Waals surface area (Å²) in [5, 5.41) is 25.8. The van der Waals surface area contributed by atoms with Gasteiger partial charge >= 0.3 is 0 Å². The average Bonchev–Trinajstić information content (AvgIpc) is 3.58. The molecule has 184 valence electrons. The van der Waals surface area contributed by atoms with Gasteiger partial charge in [0, 0.05) is 30.0 Å². The first kappa shape index (κ1) is 22.7. The Bertz CT molecular complexity index is 1500. The van der Waals surface area contributed by atoms with Crippen molar-refractivity contribution in [2.24, 2.45) is 5.41 Å².